The number of hydrogen-bond acceptors (Lipinski definition) is 0. The van der Waals surface area contributed by atoms with Crippen molar-refractivity contribution in [2.75, 3.05) is 0 Å². The van der Waals surface area contributed by atoms with Crippen molar-refractivity contribution >= 4 is 0 Å². The molecule has 0 heterocycles. The van der Waals surface area contributed by atoms with Gasteiger partial charge in [0.1, 0.15) is 0 Å². The summed E-state index contributed by atoms with van der Waals surface area (Å²) < 4.78 is 144. The highest BCUT2D eigenvalue weighted by molar-refractivity contribution is 4.78. The first-order valence-corrected chi connectivity index (χ1v) is 2.75. The van der Waals surface area contributed by atoms with Gasteiger partial charge in [-0.1, -0.05) is 51.0 Å². The predicted octanol–water partition coefficient (Wildman–Crippen LogP) is 3.37. The summed E-state index contributed by atoms with van der Waals surface area (Å²) in [6.07, 6.45) is -32.7. The van der Waals surface area contributed by atoms with Crippen LogP contribution in [0.1, 0.15) is 75.7 Å². The zero-order valence-electron chi connectivity index (χ0n) is 23.0. The molecule has 10 heavy (non-hydrogen) atoms. The Balaban J connectivity index is 3.23. The molecule has 2 aliphatic rings. The van der Waals surface area contributed by atoms with Crippen molar-refractivity contribution in [3.63, 3.8) is 0 Å². The summed E-state index contributed by atoms with van der Waals surface area (Å²) >= 11 is 0. The summed E-state index contributed by atoms with van der Waals surface area (Å²) in [6.45, 7) is 0. The predicted molar refractivity (Wildman–Crippen MR) is 43.9 cm³/mol. The second-order valence-electron chi connectivity index (χ2n) is 1.75. The zero-order chi connectivity index (χ0) is 23.0. The van der Waals surface area contributed by atoms with Crippen LogP contribution in [-0.4, -0.2) is 0 Å². The molecule has 0 bridgehead atoms. The van der Waals surface area contributed by atoms with E-state index in [1.807, 2.05) is 0 Å². The first kappa shape index (κ1) is 0.963. The van der Waals surface area contributed by atoms with E-state index < -0.39 is 62.8 Å². The molecule has 0 N–H and O–H groups in total. The van der Waals surface area contributed by atoms with Crippen molar-refractivity contribution in [2.45, 2.75) is 51.0 Å². The van der Waals surface area contributed by atoms with E-state index in [-0.39, 0.29) is 0 Å². The van der Waals surface area contributed by atoms with Gasteiger partial charge in [-0.25, -0.2) is 0 Å². The minimum Gasteiger partial charge on any atom is -0.0530 e. The van der Waals surface area contributed by atoms with E-state index in [0.29, 0.717) is 0 Å². The third-order valence-corrected chi connectivity index (χ3v) is 1.12. The van der Waals surface area contributed by atoms with Crippen molar-refractivity contribution in [3.8, 4) is 0 Å². The topological polar surface area (TPSA) is 0 Å². The van der Waals surface area contributed by atoms with E-state index >= 15 is 0 Å². The SMILES string of the molecule is [2H]C1([2H])C([2H])([2H])C([2H])([2H])[C@]2([2H])C([2H])([2H])C([2H])([2H])C([2H])([2H])C([2H])([2H])[C@]2([2H])C1([2H])[2H]. The summed E-state index contributed by atoms with van der Waals surface area (Å²) in [5.41, 5.74) is 0. The molecule has 0 aromatic rings. The molecular weight excluding hydrogens is 120 g/mol. The average Bonchev–Trinajstić information content (AvgIpc) is 2.49. The smallest absolute Gasteiger partial charge is 0.0306 e. The lowest BCUT2D eigenvalue weighted by Gasteiger charge is -2.35. The summed E-state index contributed by atoms with van der Waals surface area (Å²) in [5, 5.41) is 0. The quantitative estimate of drug-likeness (QED) is 0.504. The molecule has 0 heteroatoms. The lowest BCUT2D eigenvalue weighted by atomic mass is 9.71. The highest BCUT2D eigenvalue weighted by Crippen LogP contribution is 2.39. The molecule has 0 nitrogen and oxygen atoms in total. The number of rotatable bonds is 0. The molecule has 0 spiro atoms. The van der Waals surface area contributed by atoms with Crippen molar-refractivity contribution < 1.29 is 24.7 Å². The monoisotopic (exact) mass is 156 g/mol. The van der Waals surface area contributed by atoms with Crippen LogP contribution in [0.2, 0.25) is 0 Å². The van der Waals surface area contributed by atoms with Crippen LogP contribution in [0.5, 0.6) is 0 Å². The van der Waals surface area contributed by atoms with E-state index in [1.54, 1.807) is 0 Å². The fraction of sp³-hybridized carbons (Fsp3) is 1.00. The molecule has 0 atom stereocenters. The van der Waals surface area contributed by atoms with Gasteiger partial charge >= 0.3 is 0 Å². The third-order valence-electron chi connectivity index (χ3n) is 1.12. The summed E-state index contributed by atoms with van der Waals surface area (Å²) in [4.78, 5) is 0. The summed E-state index contributed by atoms with van der Waals surface area (Å²) in [7, 11) is 0. The van der Waals surface area contributed by atoms with Crippen molar-refractivity contribution in [2.24, 2.45) is 11.8 Å². The fourth-order valence-corrected chi connectivity index (χ4v) is 0.688. The van der Waals surface area contributed by atoms with Gasteiger partial charge in [0.2, 0.25) is 0 Å². The third kappa shape index (κ3) is 1.21. The molecule has 0 aromatic heterocycles. The lowest BCUT2D eigenvalue weighted by molar-refractivity contribution is 0.171. The summed E-state index contributed by atoms with van der Waals surface area (Å²) in [6, 6.07) is 0. The van der Waals surface area contributed by atoms with Crippen LogP contribution in [0.25, 0.3) is 0 Å². The standard InChI is InChI=1S/C10H18/c1-2-6-10-8-4-3-7-9(10)5-1/h9-10H,1-8H2/t9-,10+/i1D2,2D2,3D2,4D2,5D2,6D2,7D2,8D2,9D,10D. The van der Waals surface area contributed by atoms with Gasteiger partial charge in [-0.3, -0.25) is 0 Å². The van der Waals surface area contributed by atoms with Crippen molar-refractivity contribution in [1.29, 1.82) is 0 Å². The molecule has 0 unspecified atom stereocenters. The molecule has 2 fully saturated rings. The first-order chi connectivity index (χ1) is 11.8. The van der Waals surface area contributed by atoms with E-state index in [0.717, 1.165) is 0 Å². The maximum absolute atomic E-state index is 8.43. The largest absolute Gasteiger partial charge is 0.0530 e. The van der Waals surface area contributed by atoms with E-state index in [9.17, 15) is 0 Å². The van der Waals surface area contributed by atoms with Crippen LogP contribution < -0.4 is 0 Å². The molecule has 2 saturated carbocycles. The molecule has 0 aromatic carbocycles. The van der Waals surface area contributed by atoms with Gasteiger partial charge in [0, 0.05) is 24.7 Å². The van der Waals surface area contributed by atoms with Crippen LogP contribution in [-0.2, 0) is 0 Å². The molecule has 58 valence electrons. The first-order valence-electron chi connectivity index (χ1n) is 11.8. The molecule has 0 radical (unpaired) electrons. The maximum atomic E-state index is 8.43. The van der Waals surface area contributed by atoms with Crippen molar-refractivity contribution in [1.82, 2.24) is 0 Å². The number of hydrogen-bond donors (Lipinski definition) is 0. The van der Waals surface area contributed by atoms with Gasteiger partial charge in [0.05, 0.1) is 0 Å². The Kier molecular flexibility index (Phi) is 0.283. The Hall–Kier alpha value is 0. The minimum atomic E-state index is -4.25. The Morgan fingerprint density at radius 3 is 1.40 bits per heavy atom. The van der Waals surface area contributed by atoms with Gasteiger partial charge in [-0.05, 0) is 11.8 Å². The van der Waals surface area contributed by atoms with Gasteiger partial charge in [0.15, 0.2) is 0 Å². The van der Waals surface area contributed by atoms with Gasteiger partial charge in [0.25, 0.3) is 0 Å². The molecular formula is C10H18. The Morgan fingerprint density at radius 2 is 1.10 bits per heavy atom. The molecule has 2 aliphatic carbocycles. The maximum Gasteiger partial charge on any atom is 0.0306 e. The van der Waals surface area contributed by atoms with Gasteiger partial charge < -0.3 is 0 Å². The van der Waals surface area contributed by atoms with Gasteiger partial charge in [-0.15, -0.1) is 0 Å². The summed E-state index contributed by atoms with van der Waals surface area (Å²) in [5.74, 6) is -8.49. The second-order valence-corrected chi connectivity index (χ2v) is 1.75. The molecule has 0 aliphatic heterocycles. The Bertz CT molecular complexity index is 587. The molecule has 0 amide bonds. The molecule has 2 rings (SSSR count). The van der Waals surface area contributed by atoms with E-state index in [1.165, 1.54) is 0 Å². The van der Waals surface area contributed by atoms with Crippen LogP contribution in [0, 0.1) is 11.8 Å². The lowest BCUT2D eigenvalue weighted by Crippen LogP contribution is -2.22. The van der Waals surface area contributed by atoms with Gasteiger partial charge in [-0.2, -0.15) is 0 Å². The second kappa shape index (κ2) is 2.94. The van der Waals surface area contributed by atoms with Crippen LogP contribution in [0.15, 0.2) is 0 Å². The van der Waals surface area contributed by atoms with E-state index in [4.69, 9.17) is 24.7 Å². The highest BCUT2D eigenvalue weighted by atomic mass is 14.3. The fourth-order valence-electron chi connectivity index (χ4n) is 0.688. The zero-order valence-corrected chi connectivity index (χ0v) is 5.00. The normalized spacial score (nSPS) is 122. The Labute approximate surface area is 89.3 Å². The minimum absolute atomic E-state index is 4.01. The van der Waals surface area contributed by atoms with Crippen molar-refractivity contribution in [3.05, 3.63) is 0 Å². The van der Waals surface area contributed by atoms with Crippen LogP contribution >= 0.6 is 0 Å². The van der Waals surface area contributed by atoms with E-state index in [2.05, 4.69) is 0 Å². The Morgan fingerprint density at radius 1 is 0.800 bits per heavy atom. The molecule has 0 saturated heterocycles. The number of fused-ring (bicyclic) bond motifs is 1. The average molecular weight is 156 g/mol. The van der Waals surface area contributed by atoms with Crippen LogP contribution in [0.3, 0.4) is 0 Å². The highest BCUT2D eigenvalue weighted by Gasteiger charge is 2.26. The van der Waals surface area contributed by atoms with Crippen LogP contribution in [0.4, 0.5) is 0 Å².